The van der Waals surface area contributed by atoms with Crippen LogP contribution in [-0.2, 0) is 28.6 Å². The molecule has 0 aliphatic heterocycles. The number of esters is 3. The zero-order valence-electron chi connectivity index (χ0n) is 49.3. The normalized spacial score (nSPS) is 12.7. The van der Waals surface area contributed by atoms with Gasteiger partial charge in [0.25, 0.3) is 0 Å². The van der Waals surface area contributed by atoms with E-state index in [-0.39, 0.29) is 31.1 Å². The van der Waals surface area contributed by atoms with E-state index in [2.05, 4.69) is 118 Å². The SMILES string of the molecule is CC/C=C\C/C=C\C/C=C\C/C=C\C/C=C\C/C=C\C/C=C\CCCCCCCCCC(=O)OCC(COC(=O)CCCCCCC/C=C\CCCCC)OC(=O)CCCCCCCCCCCCCCCCCC. The molecule has 0 heterocycles. The second-order valence-corrected chi connectivity index (χ2v) is 20.9. The number of unbranched alkanes of at least 4 members (excludes halogenated alkanes) is 30. The van der Waals surface area contributed by atoms with E-state index in [9.17, 15) is 14.4 Å². The maximum absolute atomic E-state index is 12.9. The Morgan fingerprint density at radius 3 is 0.853 bits per heavy atom. The first-order valence-corrected chi connectivity index (χ1v) is 31.7. The summed E-state index contributed by atoms with van der Waals surface area (Å²) in [7, 11) is 0. The maximum atomic E-state index is 12.9. The van der Waals surface area contributed by atoms with E-state index in [1.807, 2.05) is 0 Å². The van der Waals surface area contributed by atoms with Crippen molar-refractivity contribution in [3.8, 4) is 0 Å². The molecule has 1 unspecified atom stereocenters. The van der Waals surface area contributed by atoms with Crippen molar-refractivity contribution in [1.82, 2.24) is 0 Å². The van der Waals surface area contributed by atoms with Gasteiger partial charge in [-0.2, -0.15) is 0 Å². The number of rotatable bonds is 57. The topological polar surface area (TPSA) is 78.9 Å². The van der Waals surface area contributed by atoms with Crippen LogP contribution in [0, 0.1) is 0 Å². The van der Waals surface area contributed by atoms with Crippen molar-refractivity contribution in [2.45, 2.75) is 309 Å². The first-order valence-electron chi connectivity index (χ1n) is 31.7. The number of ether oxygens (including phenoxy) is 3. The Balaban J connectivity index is 4.29. The Morgan fingerprint density at radius 1 is 0.280 bits per heavy atom. The van der Waals surface area contributed by atoms with Crippen molar-refractivity contribution >= 4 is 17.9 Å². The largest absolute Gasteiger partial charge is 0.462 e. The predicted octanol–water partition coefficient (Wildman–Crippen LogP) is 21.7. The minimum Gasteiger partial charge on any atom is -0.462 e. The van der Waals surface area contributed by atoms with Crippen molar-refractivity contribution in [2.24, 2.45) is 0 Å². The van der Waals surface area contributed by atoms with E-state index in [0.717, 1.165) is 116 Å². The molecule has 0 bridgehead atoms. The number of allylic oxidation sites excluding steroid dienone is 16. The molecule has 0 N–H and O–H groups in total. The fourth-order valence-corrected chi connectivity index (χ4v) is 8.83. The fourth-order valence-electron chi connectivity index (χ4n) is 8.83. The van der Waals surface area contributed by atoms with Crippen molar-refractivity contribution in [2.75, 3.05) is 13.2 Å². The Morgan fingerprint density at radius 2 is 0.520 bits per heavy atom. The molecule has 0 aliphatic carbocycles. The zero-order chi connectivity index (χ0) is 54.3. The van der Waals surface area contributed by atoms with Gasteiger partial charge in [0, 0.05) is 19.3 Å². The number of hydrogen-bond acceptors (Lipinski definition) is 6. The molecule has 75 heavy (non-hydrogen) atoms. The van der Waals surface area contributed by atoms with Crippen LogP contribution in [0.2, 0.25) is 0 Å². The number of carbonyl (C=O) groups is 3. The summed E-state index contributed by atoms with van der Waals surface area (Å²) in [5.74, 6) is -0.892. The highest BCUT2D eigenvalue weighted by Gasteiger charge is 2.19. The lowest BCUT2D eigenvalue weighted by Gasteiger charge is -2.18. The van der Waals surface area contributed by atoms with Crippen LogP contribution in [0.3, 0.4) is 0 Å². The molecule has 0 saturated heterocycles. The van der Waals surface area contributed by atoms with Gasteiger partial charge in [-0.3, -0.25) is 14.4 Å². The Bertz CT molecular complexity index is 1480. The summed E-state index contributed by atoms with van der Waals surface area (Å²) in [6.07, 6.45) is 84.1. The summed E-state index contributed by atoms with van der Waals surface area (Å²) in [5, 5.41) is 0. The van der Waals surface area contributed by atoms with Crippen LogP contribution in [0.15, 0.2) is 97.2 Å². The second-order valence-electron chi connectivity index (χ2n) is 20.9. The standard InChI is InChI=1S/C69H118O6/c1-4-7-10-13-16-19-22-25-27-29-30-31-32-33-34-35-36-37-38-39-40-41-43-44-47-50-53-56-59-62-68(71)74-65-66(64-73-67(70)61-58-55-52-49-46-24-21-18-15-12-9-6-3)75-69(72)63-60-57-54-51-48-45-42-28-26-23-20-17-14-11-8-5-2/h7,10,16,18-19,21,25,27,30-31,33-34,36-37,39-40,66H,4-6,8-9,11-15,17,20,22-24,26,28-29,32,35,38,41-65H2,1-3H3/b10-7-,19-16-,21-18-,27-25-,31-30-,34-33-,37-36-,40-39-. The third kappa shape index (κ3) is 61.1. The minimum absolute atomic E-state index is 0.0827. The summed E-state index contributed by atoms with van der Waals surface area (Å²) in [6.45, 7) is 6.51. The van der Waals surface area contributed by atoms with Gasteiger partial charge >= 0.3 is 17.9 Å². The van der Waals surface area contributed by atoms with Gasteiger partial charge in [0.05, 0.1) is 0 Å². The number of hydrogen-bond donors (Lipinski definition) is 0. The lowest BCUT2D eigenvalue weighted by molar-refractivity contribution is -0.167. The third-order valence-corrected chi connectivity index (χ3v) is 13.6. The van der Waals surface area contributed by atoms with Gasteiger partial charge in [-0.25, -0.2) is 0 Å². The first kappa shape index (κ1) is 71.3. The lowest BCUT2D eigenvalue weighted by Crippen LogP contribution is -2.30. The summed E-state index contributed by atoms with van der Waals surface area (Å²) >= 11 is 0. The van der Waals surface area contributed by atoms with Gasteiger partial charge in [0.1, 0.15) is 13.2 Å². The molecule has 0 saturated carbocycles. The molecule has 0 radical (unpaired) electrons. The molecule has 0 spiro atoms. The smallest absolute Gasteiger partial charge is 0.306 e. The molecule has 0 aromatic rings. The van der Waals surface area contributed by atoms with Crippen molar-refractivity contribution in [3.05, 3.63) is 97.2 Å². The molecule has 0 fully saturated rings. The molecule has 0 aromatic heterocycles. The van der Waals surface area contributed by atoms with Crippen LogP contribution in [0.5, 0.6) is 0 Å². The van der Waals surface area contributed by atoms with Gasteiger partial charge < -0.3 is 14.2 Å². The average molecular weight is 1040 g/mol. The quantitative estimate of drug-likeness (QED) is 0.0261. The number of carbonyl (C=O) groups excluding carboxylic acids is 3. The molecule has 0 rings (SSSR count). The summed E-state index contributed by atoms with van der Waals surface area (Å²) < 4.78 is 16.9. The van der Waals surface area contributed by atoms with Gasteiger partial charge in [-0.1, -0.05) is 279 Å². The molecule has 6 heteroatoms. The molecule has 0 amide bonds. The van der Waals surface area contributed by atoms with Crippen LogP contribution in [0.4, 0.5) is 0 Å². The van der Waals surface area contributed by atoms with E-state index >= 15 is 0 Å². The van der Waals surface area contributed by atoms with E-state index in [1.54, 1.807) is 0 Å². The molecule has 0 aromatic carbocycles. The van der Waals surface area contributed by atoms with Crippen LogP contribution in [-0.4, -0.2) is 37.2 Å². The van der Waals surface area contributed by atoms with Gasteiger partial charge in [0.2, 0.25) is 0 Å². The van der Waals surface area contributed by atoms with Crippen LogP contribution < -0.4 is 0 Å². The highest BCUT2D eigenvalue weighted by atomic mass is 16.6. The molecular weight excluding hydrogens is 925 g/mol. The van der Waals surface area contributed by atoms with Crippen LogP contribution >= 0.6 is 0 Å². The third-order valence-electron chi connectivity index (χ3n) is 13.6. The highest BCUT2D eigenvalue weighted by Crippen LogP contribution is 2.16. The molecular formula is C69H118O6. The van der Waals surface area contributed by atoms with Crippen LogP contribution in [0.1, 0.15) is 303 Å². The fraction of sp³-hybridized carbons (Fsp3) is 0.725. The minimum atomic E-state index is -0.784. The highest BCUT2D eigenvalue weighted by molar-refractivity contribution is 5.71. The van der Waals surface area contributed by atoms with Crippen molar-refractivity contribution < 1.29 is 28.6 Å². The molecule has 1 atom stereocenters. The maximum Gasteiger partial charge on any atom is 0.306 e. The van der Waals surface area contributed by atoms with E-state index < -0.39 is 6.10 Å². The van der Waals surface area contributed by atoms with Crippen molar-refractivity contribution in [3.63, 3.8) is 0 Å². The van der Waals surface area contributed by atoms with Crippen molar-refractivity contribution in [1.29, 1.82) is 0 Å². The summed E-state index contributed by atoms with van der Waals surface area (Å²) in [5.41, 5.74) is 0. The second kappa shape index (κ2) is 62.9. The van der Waals surface area contributed by atoms with Crippen LogP contribution in [0.25, 0.3) is 0 Å². The molecule has 0 aliphatic rings. The van der Waals surface area contributed by atoms with Gasteiger partial charge in [-0.05, 0) is 103 Å². The van der Waals surface area contributed by atoms with E-state index in [1.165, 1.54) is 148 Å². The monoisotopic (exact) mass is 1040 g/mol. The summed E-state index contributed by atoms with van der Waals surface area (Å²) in [4.78, 5) is 38.2. The molecule has 6 nitrogen and oxygen atoms in total. The molecule has 430 valence electrons. The Hall–Kier alpha value is -3.67. The Kier molecular flexibility index (Phi) is 59.8. The lowest BCUT2D eigenvalue weighted by atomic mass is 10.0. The van der Waals surface area contributed by atoms with E-state index in [0.29, 0.717) is 19.3 Å². The van der Waals surface area contributed by atoms with Gasteiger partial charge in [-0.15, -0.1) is 0 Å². The Labute approximate surface area is 464 Å². The summed E-state index contributed by atoms with van der Waals surface area (Å²) in [6, 6.07) is 0. The first-order chi connectivity index (χ1) is 37.0. The average Bonchev–Trinajstić information content (AvgIpc) is 3.41. The van der Waals surface area contributed by atoms with Gasteiger partial charge in [0.15, 0.2) is 6.10 Å². The predicted molar refractivity (Wildman–Crippen MR) is 325 cm³/mol. The van der Waals surface area contributed by atoms with E-state index in [4.69, 9.17) is 14.2 Å². The zero-order valence-corrected chi connectivity index (χ0v) is 49.3.